The molecule has 0 bridgehead atoms. The van der Waals surface area contributed by atoms with E-state index in [0.29, 0.717) is 41.7 Å². The fraction of sp³-hybridized carbons (Fsp3) is 0.121. The summed E-state index contributed by atoms with van der Waals surface area (Å²) in [4.78, 5) is 43.0. The Bertz CT molecular complexity index is 1560. The standard InChI is InChI=1S/C33H27IN2O5/c1-3-40-29-20-24(19-28(34)30(29)41-21-23-16-14-22(2)15-17-23)18-27-31(37)35(25-10-6-4-7-11-25)33(39)36(32(27)38)26-12-8-5-9-13-26/h4-20H,3,21H2,1-2H3. The number of aryl methyl sites for hydroxylation is 1. The molecular formula is C33H27IN2O5. The smallest absolute Gasteiger partial charge is 0.343 e. The van der Waals surface area contributed by atoms with E-state index in [4.69, 9.17) is 9.47 Å². The molecule has 4 aromatic rings. The van der Waals surface area contributed by atoms with Crippen molar-refractivity contribution in [3.63, 3.8) is 0 Å². The van der Waals surface area contributed by atoms with E-state index in [9.17, 15) is 14.4 Å². The highest BCUT2D eigenvalue weighted by atomic mass is 127. The Morgan fingerprint density at radius 3 is 1.85 bits per heavy atom. The quantitative estimate of drug-likeness (QED) is 0.114. The molecule has 1 aliphatic rings. The molecule has 4 aromatic carbocycles. The van der Waals surface area contributed by atoms with Crippen LogP contribution in [0.4, 0.5) is 16.2 Å². The number of amides is 4. The maximum Gasteiger partial charge on any atom is 0.343 e. The number of carbonyl (C=O) groups is 3. The largest absolute Gasteiger partial charge is 0.490 e. The van der Waals surface area contributed by atoms with Crippen molar-refractivity contribution in [1.29, 1.82) is 0 Å². The van der Waals surface area contributed by atoms with E-state index < -0.39 is 17.8 Å². The lowest BCUT2D eigenvalue weighted by atomic mass is 10.0. The third-order valence-corrected chi connectivity index (χ3v) is 7.23. The molecule has 5 rings (SSSR count). The van der Waals surface area contributed by atoms with Crippen LogP contribution < -0.4 is 19.3 Å². The monoisotopic (exact) mass is 658 g/mol. The highest BCUT2D eigenvalue weighted by Crippen LogP contribution is 2.36. The van der Waals surface area contributed by atoms with Crippen LogP contribution in [0, 0.1) is 10.5 Å². The Balaban J connectivity index is 1.55. The van der Waals surface area contributed by atoms with Gasteiger partial charge in [-0.3, -0.25) is 9.59 Å². The minimum atomic E-state index is -0.737. The van der Waals surface area contributed by atoms with E-state index >= 15 is 0 Å². The number of nitrogens with zero attached hydrogens (tertiary/aromatic N) is 2. The van der Waals surface area contributed by atoms with Crippen molar-refractivity contribution in [2.24, 2.45) is 0 Å². The van der Waals surface area contributed by atoms with Crippen molar-refractivity contribution in [3.8, 4) is 11.5 Å². The molecule has 1 aliphatic heterocycles. The summed E-state index contributed by atoms with van der Waals surface area (Å²) in [5.41, 5.74) is 3.33. The van der Waals surface area contributed by atoms with Crippen molar-refractivity contribution < 1.29 is 23.9 Å². The van der Waals surface area contributed by atoms with Crippen molar-refractivity contribution in [2.75, 3.05) is 16.4 Å². The van der Waals surface area contributed by atoms with Gasteiger partial charge in [0.15, 0.2) is 11.5 Å². The first-order valence-electron chi connectivity index (χ1n) is 13.1. The van der Waals surface area contributed by atoms with Crippen LogP contribution in [0.3, 0.4) is 0 Å². The minimum absolute atomic E-state index is 0.149. The molecule has 0 spiro atoms. The molecule has 1 heterocycles. The zero-order valence-electron chi connectivity index (χ0n) is 22.5. The van der Waals surface area contributed by atoms with Crippen LogP contribution in [0.15, 0.2) is 103 Å². The van der Waals surface area contributed by atoms with Gasteiger partial charge in [-0.1, -0.05) is 66.2 Å². The topological polar surface area (TPSA) is 76.2 Å². The molecule has 41 heavy (non-hydrogen) atoms. The van der Waals surface area contributed by atoms with Crippen LogP contribution in [-0.4, -0.2) is 24.5 Å². The lowest BCUT2D eigenvalue weighted by Gasteiger charge is -2.34. The molecular weight excluding hydrogens is 631 g/mol. The number of carbonyl (C=O) groups excluding carboxylic acids is 3. The van der Waals surface area contributed by atoms with Crippen molar-refractivity contribution in [3.05, 3.63) is 123 Å². The van der Waals surface area contributed by atoms with Crippen LogP contribution in [0.1, 0.15) is 23.6 Å². The van der Waals surface area contributed by atoms with E-state index in [1.807, 2.05) is 44.2 Å². The molecule has 0 N–H and O–H groups in total. The molecule has 0 saturated carbocycles. The maximum absolute atomic E-state index is 13.7. The zero-order valence-corrected chi connectivity index (χ0v) is 24.7. The number of anilines is 2. The number of benzene rings is 4. The first-order valence-corrected chi connectivity index (χ1v) is 14.1. The molecule has 0 atom stereocenters. The Kier molecular flexibility index (Phi) is 8.49. The predicted octanol–water partition coefficient (Wildman–Crippen LogP) is 7.16. The van der Waals surface area contributed by atoms with Gasteiger partial charge in [0.2, 0.25) is 0 Å². The first-order chi connectivity index (χ1) is 19.9. The summed E-state index contributed by atoms with van der Waals surface area (Å²) >= 11 is 2.16. The van der Waals surface area contributed by atoms with E-state index in [1.165, 1.54) is 11.6 Å². The van der Waals surface area contributed by atoms with E-state index in [0.717, 1.165) is 18.9 Å². The van der Waals surface area contributed by atoms with Gasteiger partial charge in [0.05, 0.1) is 21.6 Å². The van der Waals surface area contributed by atoms with Gasteiger partial charge in [-0.15, -0.1) is 0 Å². The summed E-state index contributed by atoms with van der Waals surface area (Å²) in [6, 6.07) is 28.0. The summed E-state index contributed by atoms with van der Waals surface area (Å²) in [6.45, 7) is 4.65. The van der Waals surface area contributed by atoms with Crippen LogP contribution in [-0.2, 0) is 16.2 Å². The molecule has 0 radical (unpaired) electrons. The second kappa shape index (κ2) is 12.4. The van der Waals surface area contributed by atoms with Crippen LogP contribution >= 0.6 is 22.6 Å². The molecule has 0 unspecified atom stereocenters. The van der Waals surface area contributed by atoms with Crippen molar-refractivity contribution >= 4 is 57.9 Å². The second-order valence-corrected chi connectivity index (χ2v) is 10.5. The van der Waals surface area contributed by atoms with Gasteiger partial charge in [-0.2, -0.15) is 0 Å². The van der Waals surface area contributed by atoms with Gasteiger partial charge in [0.25, 0.3) is 11.8 Å². The van der Waals surface area contributed by atoms with Gasteiger partial charge in [-0.25, -0.2) is 14.6 Å². The molecule has 206 valence electrons. The third-order valence-electron chi connectivity index (χ3n) is 6.42. The molecule has 0 aliphatic carbocycles. The Morgan fingerprint density at radius 2 is 1.32 bits per heavy atom. The summed E-state index contributed by atoms with van der Waals surface area (Å²) in [5.74, 6) is -0.342. The molecule has 7 nitrogen and oxygen atoms in total. The van der Waals surface area contributed by atoms with Gasteiger partial charge in [0.1, 0.15) is 12.2 Å². The Labute approximate surface area is 252 Å². The number of halogens is 1. The molecule has 8 heteroatoms. The average molecular weight is 658 g/mol. The van der Waals surface area contributed by atoms with Gasteiger partial charge in [0, 0.05) is 0 Å². The van der Waals surface area contributed by atoms with E-state index in [-0.39, 0.29) is 5.57 Å². The Morgan fingerprint density at radius 1 is 0.756 bits per heavy atom. The molecule has 4 amide bonds. The third kappa shape index (κ3) is 6.02. The van der Waals surface area contributed by atoms with E-state index in [1.54, 1.807) is 66.7 Å². The van der Waals surface area contributed by atoms with Crippen molar-refractivity contribution in [2.45, 2.75) is 20.5 Å². The van der Waals surface area contributed by atoms with Gasteiger partial charge in [-0.05, 0) is 90.0 Å². The summed E-state index contributed by atoms with van der Waals surface area (Å²) in [6.07, 6.45) is 1.50. The van der Waals surface area contributed by atoms with Gasteiger partial charge < -0.3 is 9.47 Å². The number of barbiturate groups is 1. The SMILES string of the molecule is CCOc1cc(C=C2C(=O)N(c3ccccc3)C(=O)N(c3ccccc3)C2=O)cc(I)c1OCc1ccc(C)cc1. The summed E-state index contributed by atoms with van der Waals surface area (Å²) in [7, 11) is 0. The molecule has 1 saturated heterocycles. The van der Waals surface area contributed by atoms with Crippen LogP contribution in [0.25, 0.3) is 6.08 Å². The highest BCUT2D eigenvalue weighted by Gasteiger charge is 2.43. The number of para-hydroxylation sites is 2. The lowest BCUT2D eigenvalue weighted by Crippen LogP contribution is -2.57. The number of hydrogen-bond acceptors (Lipinski definition) is 5. The summed E-state index contributed by atoms with van der Waals surface area (Å²) < 4.78 is 12.8. The maximum atomic E-state index is 13.7. The number of urea groups is 1. The minimum Gasteiger partial charge on any atom is -0.490 e. The molecule has 1 fully saturated rings. The fourth-order valence-corrected chi connectivity index (χ4v) is 5.20. The normalized spacial score (nSPS) is 13.4. The lowest BCUT2D eigenvalue weighted by molar-refractivity contribution is -0.121. The van der Waals surface area contributed by atoms with Crippen LogP contribution in [0.2, 0.25) is 0 Å². The van der Waals surface area contributed by atoms with Crippen molar-refractivity contribution in [1.82, 2.24) is 0 Å². The summed E-state index contributed by atoms with van der Waals surface area (Å²) in [5, 5.41) is 0. The predicted molar refractivity (Wildman–Crippen MR) is 167 cm³/mol. The Hall–Kier alpha value is -4.44. The number of imide groups is 2. The fourth-order valence-electron chi connectivity index (χ4n) is 4.42. The zero-order chi connectivity index (χ0) is 28.9. The van der Waals surface area contributed by atoms with E-state index in [2.05, 4.69) is 22.6 Å². The number of hydrogen-bond donors (Lipinski definition) is 0. The first kappa shape index (κ1) is 28.1. The number of ether oxygens (including phenoxy) is 2. The van der Waals surface area contributed by atoms with Gasteiger partial charge >= 0.3 is 6.03 Å². The second-order valence-electron chi connectivity index (χ2n) is 9.33. The number of rotatable bonds is 8. The molecule has 0 aromatic heterocycles. The van der Waals surface area contributed by atoms with Crippen LogP contribution in [0.5, 0.6) is 11.5 Å². The average Bonchev–Trinajstić information content (AvgIpc) is 2.97. The highest BCUT2D eigenvalue weighted by molar-refractivity contribution is 14.1.